The number of hydrogen-bond acceptors (Lipinski definition) is 1. The highest BCUT2D eigenvalue weighted by Gasteiger charge is 2.28. The van der Waals surface area contributed by atoms with Crippen LogP contribution in [-0.4, -0.2) is 18.0 Å². The minimum atomic E-state index is 0.805. The first kappa shape index (κ1) is 11.5. The van der Waals surface area contributed by atoms with Gasteiger partial charge in [0.25, 0.3) is 0 Å². The third-order valence-electron chi connectivity index (χ3n) is 2.61. The first-order valence-electron chi connectivity index (χ1n) is 5.56. The maximum absolute atomic E-state index is 5.29. The molecule has 0 N–H and O–H groups in total. The molecule has 1 atom stereocenters. The molecule has 1 fully saturated rings. The molecule has 0 bridgehead atoms. The second-order valence-electron chi connectivity index (χ2n) is 3.90. The topological polar surface area (TPSA) is 9.23 Å². The summed E-state index contributed by atoms with van der Waals surface area (Å²) in [6, 6.07) is 0. The van der Waals surface area contributed by atoms with Gasteiger partial charge in [0.05, 0.1) is 0 Å². The van der Waals surface area contributed by atoms with E-state index in [9.17, 15) is 0 Å². The van der Waals surface area contributed by atoms with Gasteiger partial charge in [0.2, 0.25) is 0 Å². The van der Waals surface area contributed by atoms with E-state index < -0.39 is 0 Å². The summed E-state index contributed by atoms with van der Waals surface area (Å²) in [5.74, 6) is 1.01. The Morgan fingerprint density at radius 2 is 2.08 bits per heavy atom. The zero-order valence-electron chi connectivity index (χ0n) is 8.60. The van der Waals surface area contributed by atoms with E-state index in [4.69, 9.17) is 4.74 Å². The van der Waals surface area contributed by atoms with E-state index in [0.29, 0.717) is 0 Å². The molecule has 0 radical (unpaired) electrons. The number of alkyl halides is 1. The Labute approximate surface area is 90.4 Å². The summed E-state index contributed by atoms with van der Waals surface area (Å²) in [5, 5.41) is 0. The molecule has 0 spiro atoms. The Morgan fingerprint density at radius 3 is 2.69 bits per heavy atom. The molecular weight excluding hydrogens is 228 g/mol. The zero-order chi connectivity index (χ0) is 9.52. The lowest BCUT2D eigenvalue weighted by Crippen LogP contribution is -2.00. The van der Waals surface area contributed by atoms with Crippen LogP contribution in [0.4, 0.5) is 0 Å². The van der Waals surface area contributed by atoms with Gasteiger partial charge in [-0.15, -0.1) is 0 Å². The Kier molecular flexibility index (Phi) is 6.05. The molecule has 1 rings (SSSR count). The van der Waals surface area contributed by atoms with Gasteiger partial charge in [-0.3, -0.25) is 0 Å². The SMILES string of the molecule is CCOCCCCCC(Br)C1CC1. The smallest absolute Gasteiger partial charge is 0.0465 e. The molecule has 0 aromatic heterocycles. The largest absolute Gasteiger partial charge is 0.382 e. The predicted octanol–water partition coefficient (Wildman–Crippen LogP) is 3.76. The van der Waals surface area contributed by atoms with Crippen LogP contribution in [-0.2, 0) is 4.74 Å². The third kappa shape index (κ3) is 5.69. The van der Waals surface area contributed by atoms with Crippen molar-refractivity contribution in [1.29, 1.82) is 0 Å². The number of hydrogen-bond donors (Lipinski definition) is 0. The van der Waals surface area contributed by atoms with Crippen molar-refractivity contribution in [2.24, 2.45) is 5.92 Å². The summed E-state index contributed by atoms with van der Waals surface area (Å²) in [6.07, 6.45) is 8.19. The highest BCUT2D eigenvalue weighted by Crippen LogP contribution is 2.38. The summed E-state index contributed by atoms with van der Waals surface area (Å²) >= 11 is 3.76. The fourth-order valence-corrected chi connectivity index (χ4v) is 2.41. The Hall–Kier alpha value is 0.440. The van der Waals surface area contributed by atoms with Crippen molar-refractivity contribution in [3.05, 3.63) is 0 Å². The molecule has 0 aliphatic heterocycles. The molecule has 0 aromatic carbocycles. The molecule has 0 amide bonds. The molecule has 0 saturated heterocycles. The van der Waals surface area contributed by atoms with Gasteiger partial charge in [-0.1, -0.05) is 28.8 Å². The maximum Gasteiger partial charge on any atom is 0.0465 e. The maximum atomic E-state index is 5.29. The van der Waals surface area contributed by atoms with Gasteiger partial charge in [0.1, 0.15) is 0 Å². The van der Waals surface area contributed by atoms with Crippen LogP contribution in [0.25, 0.3) is 0 Å². The van der Waals surface area contributed by atoms with E-state index in [2.05, 4.69) is 22.9 Å². The van der Waals surface area contributed by atoms with Gasteiger partial charge in [-0.25, -0.2) is 0 Å². The van der Waals surface area contributed by atoms with Gasteiger partial charge in [0.15, 0.2) is 0 Å². The lowest BCUT2D eigenvalue weighted by molar-refractivity contribution is 0.143. The van der Waals surface area contributed by atoms with E-state index in [1.165, 1.54) is 38.5 Å². The van der Waals surface area contributed by atoms with E-state index in [-0.39, 0.29) is 0 Å². The van der Waals surface area contributed by atoms with Gasteiger partial charge < -0.3 is 4.74 Å². The molecule has 0 heterocycles. The fourth-order valence-electron chi connectivity index (χ4n) is 1.56. The van der Waals surface area contributed by atoms with Crippen molar-refractivity contribution >= 4 is 15.9 Å². The first-order chi connectivity index (χ1) is 6.34. The monoisotopic (exact) mass is 248 g/mol. The van der Waals surface area contributed by atoms with Crippen LogP contribution in [0.5, 0.6) is 0 Å². The van der Waals surface area contributed by atoms with Gasteiger partial charge >= 0.3 is 0 Å². The summed E-state index contributed by atoms with van der Waals surface area (Å²) < 4.78 is 5.29. The van der Waals surface area contributed by atoms with E-state index >= 15 is 0 Å². The zero-order valence-corrected chi connectivity index (χ0v) is 10.2. The lowest BCUT2D eigenvalue weighted by atomic mass is 10.1. The number of halogens is 1. The molecule has 2 heteroatoms. The minimum Gasteiger partial charge on any atom is -0.382 e. The van der Waals surface area contributed by atoms with Crippen molar-refractivity contribution in [2.75, 3.05) is 13.2 Å². The minimum absolute atomic E-state index is 0.805. The van der Waals surface area contributed by atoms with Crippen molar-refractivity contribution in [2.45, 2.75) is 50.3 Å². The molecular formula is C11H21BrO. The van der Waals surface area contributed by atoms with Crippen LogP contribution >= 0.6 is 15.9 Å². The first-order valence-corrected chi connectivity index (χ1v) is 6.48. The molecule has 1 nitrogen and oxygen atoms in total. The average molecular weight is 249 g/mol. The summed E-state index contributed by atoms with van der Waals surface area (Å²) in [7, 11) is 0. The van der Waals surface area contributed by atoms with Gasteiger partial charge in [-0.2, -0.15) is 0 Å². The Morgan fingerprint density at radius 1 is 1.31 bits per heavy atom. The van der Waals surface area contributed by atoms with Crippen LogP contribution in [0.2, 0.25) is 0 Å². The number of unbranched alkanes of at least 4 members (excludes halogenated alkanes) is 2. The predicted molar refractivity (Wildman–Crippen MR) is 60.4 cm³/mol. The quantitative estimate of drug-likeness (QED) is 0.470. The van der Waals surface area contributed by atoms with E-state index in [1.807, 2.05) is 0 Å². The number of ether oxygens (including phenoxy) is 1. The van der Waals surface area contributed by atoms with Crippen molar-refractivity contribution in [3.8, 4) is 0 Å². The lowest BCUT2D eigenvalue weighted by Gasteiger charge is -2.07. The van der Waals surface area contributed by atoms with Crippen LogP contribution < -0.4 is 0 Å². The molecule has 1 aliphatic rings. The van der Waals surface area contributed by atoms with Crippen LogP contribution in [0.1, 0.15) is 45.4 Å². The normalized spacial score (nSPS) is 18.9. The Balaban J connectivity index is 1.77. The van der Waals surface area contributed by atoms with Crippen LogP contribution in [0, 0.1) is 5.92 Å². The van der Waals surface area contributed by atoms with Gasteiger partial charge in [0, 0.05) is 18.0 Å². The molecule has 78 valence electrons. The Bertz CT molecular complexity index is 123. The standard InChI is InChI=1S/C11H21BrO/c1-2-13-9-5-3-4-6-11(12)10-7-8-10/h10-11H,2-9H2,1H3. The summed E-state index contributed by atoms with van der Waals surface area (Å²) in [4.78, 5) is 0.805. The number of rotatable bonds is 8. The summed E-state index contributed by atoms with van der Waals surface area (Å²) in [5.41, 5.74) is 0. The molecule has 1 aliphatic carbocycles. The van der Waals surface area contributed by atoms with Crippen molar-refractivity contribution in [1.82, 2.24) is 0 Å². The van der Waals surface area contributed by atoms with E-state index in [1.54, 1.807) is 0 Å². The second-order valence-corrected chi connectivity index (χ2v) is 5.08. The highest BCUT2D eigenvalue weighted by atomic mass is 79.9. The molecule has 1 saturated carbocycles. The highest BCUT2D eigenvalue weighted by molar-refractivity contribution is 9.09. The van der Waals surface area contributed by atoms with Crippen LogP contribution in [0.3, 0.4) is 0 Å². The van der Waals surface area contributed by atoms with Crippen LogP contribution in [0.15, 0.2) is 0 Å². The van der Waals surface area contributed by atoms with E-state index in [0.717, 1.165) is 24.0 Å². The van der Waals surface area contributed by atoms with Crippen molar-refractivity contribution in [3.63, 3.8) is 0 Å². The third-order valence-corrected chi connectivity index (χ3v) is 3.81. The average Bonchev–Trinajstić information content (AvgIpc) is 2.93. The van der Waals surface area contributed by atoms with Gasteiger partial charge in [-0.05, 0) is 38.5 Å². The summed E-state index contributed by atoms with van der Waals surface area (Å²) in [6.45, 7) is 3.87. The molecule has 1 unspecified atom stereocenters. The van der Waals surface area contributed by atoms with Crippen molar-refractivity contribution < 1.29 is 4.74 Å². The second kappa shape index (κ2) is 6.83. The fraction of sp³-hybridized carbons (Fsp3) is 1.00. The molecule has 13 heavy (non-hydrogen) atoms. The molecule has 0 aromatic rings.